The molecule has 0 spiro atoms. The zero-order valence-electron chi connectivity index (χ0n) is 12.0. The van der Waals surface area contributed by atoms with E-state index in [0.29, 0.717) is 5.69 Å². The second kappa shape index (κ2) is 7.63. The number of carbonyl (C=O) groups is 2. The van der Waals surface area contributed by atoms with Gasteiger partial charge in [-0.15, -0.1) is 0 Å². The number of anilines is 1. The first kappa shape index (κ1) is 17.0. The summed E-state index contributed by atoms with van der Waals surface area (Å²) in [6, 6.07) is 3.77. The summed E-state index contributed by atoms with van der Waals surface area (Å²) in [5.74, 6) is -0.953. The molecule has 8 heteroatoms. The molecule has 0 fully saturated rings. The van der Waals surface area contributed by atoms with E-state index in [2.05, 4.69) is 10.6 Å². The van der Waals surface area contributed by atoms with Gasteiger partial charge in [-0.2, -0.15) is 0 Å². The van der Waals surface area contributed by atoms with Gasteiger partial charge in [-0.25, -0.2) is 9.59 Å². The number of amides is 2. The van der Waals surface area contributed by atoms with Crippen LogP contribution < -0.4 is 15.4 Å². The van der Waals surface area contributed by atoms with Gasteiger partial charge in [-0.3, -0.25) is 4.21 Å². The van der Waals surface area contributed by atoms with E-state index in [-0.39, 0.29) is 23.1 Å². The minimum absolute atomic E-state index is 0.0125. The fourth-order valence-corrected chi connectivity index (χ4v) is 1.79. The van der Waals surface area contributed by atoms with Crippen LogP contribution in [0.2, 0.25) is 0 Å². The van der Waals surface area contributed by atoms with Gasteiger partial charge in [0.1, 0.15) is 11.3 Å². The summed E-state index contributed by atoms with van der Waals surface area (Å²) in [7, 11) is 0.337. The van der Waals surface area contributed by atoms with Crippen LogP contribution in [-0.4, -0.2) is 46.5 Å². The average molecular weight is 314 g/mol. The quantitative estimate of drug-likeness (QED) is 0.733. The molecule has 0 aromatic heterocycles. The lowest BCUT2D eigenvalue weighted by Crippen LogP contribution is -2.35. The molecule has 0 saturated carbocycles. The van der Waals surface area contributed by atoms with Crippen LogP contribution in [0.15, 0.2) is 18.2 Å². The fourth-order valence-electron chi connectivity index (χ4n) is 1.47. The van der Waals surface area contributed by atoms with Gasteiger partial charge in [0, 0.05) is 40.6 Å². The molecule has 2 amide bonds. The number of carboxylic acids is 1. The predicted molar refractivity (Wildman–Crippen MR) is 80.5 cm³/mol. The minimum Gasteiger partial charge on any atom is -0.496 e. The van der Waals surface area contributed by atoms with E-state index in [1.165, 1.54) is 25.3 Å². The summed E-state index contributed by atoms with van der Waals surface area (Å²) in [5, 5.41) is 13.9. The van der Waals surface area contributed by atoms with Crippen LogP contribution in [-0.2, 0) is 10.8 Å². The second-order valence-corrected chi connectivity index (χ2v) is 6.17. The third kappa shape index (κ3) is 5.07. The first-order chi connectivity index (χ1) is 9.85. The largest absolute Gasteiger partial charge is 0.496 e. The molecular weight excluding hydrogens is 296 g/mol. The zero-order valence-corrected chi connectivity index (χ0v) is 12.8. The maximum Gasteiger partial charge on any atom is 0.339 e. The SMILES string of the molecule is COc1cc(NC(=O)NCC(C)S(C)=O)ccc1C(=O)O. The number of benzene rings is 1. The van der Waals surface area contributed by atoms with Crippen LogP contribution in [0.5, 0.6) is 5.75 Å². The number of aromatic carboxylic acids is 1. The molecule has 7 nitrogen and oxygen atoms in total. The van der Waals surface area contributed by atoms with Gasteiger partial charge in [-0.05, 0) is 19.1 Å². The highest BCUT2D eigenvalue weighted by Crippen LogP contribution is 2.23. The summed E-state index contributed by atoms with van der Waals surface area (Å²) < 4.78 is 16.1. The van der Waals surface area contributed by atoms with Crippen molar-refractivity contribution in [3.63, 3.8) is 0 Å². The van der Waals surface area contributed by atoms with E-state index in [0.717, 1.165) is 0 Å². The Morgan fingerprint density at radius 3 is 2.62 bits per heavy atom. The molecule has 21 heavy (non-hydrogen) atoms. The summed E-state index contributed by atoms with van der Waals surface area (Å²) in [5.41, 5.74) is 0.415. The number of nitrogens with one attached hydrogen (secondary N) is 2. The van der Waals surface area contributed by atoms with Crippen LogP contribution in [0.3, 0.4) is 0 Å². The van der Waals surface area contributed by atoms with Crippen molar-refractivity contribution >= 4 is 28.5 Å². The van der Waals surface area contributed by atoms with Crippen molar-refractivity contribution in [1.82, 2.24) is 5.32 Å². The van der Waals surface area contributed by atoms with E-state index in [4.69, 9.17) is 9.84 Å². The molecule has 0 aliphatic heterocycles. The Balaban J connectivity index is 2.68. The van der Waals surface area contributed by atoms with Gasteiger partial charge in [0.25, 0.3) is 0 Å². The van der Waals surface area contributed by atoms with Gasteiger partial charge in [0.15, 0.2) is 0 Å². The van der Waals surface area contributed by atoms with Crippen molar-refractivity contribution in [1.29, 1.82) is 0 Å². The van der Waals surface area contributed by atoms with Crippen molar-refractivity contribution in [2.75, 3.05) is 25.2 Å². The number of hydrogen-bond donors (Lipinski definition) is 3. The van der Waals surface area contributed by atoms with Crippen molar-refractivity contribution in [3.05, 3.63) is 23.8 Å². The van der Waals surface area contributed by atoms with E-state index in [1.807, 2.05) is 0 Å². The molecule has 1 rings (SSSR count). The van der Waals surface area contributed by atoms with E-state index < -0.39 is 22.8 Å². The van der Waals surface area contributed by atoms with Gasteiger partial charge in [-0.1, -0.05) is 0 Å². The zero-order chi connectivity index (χ0) is 16.0. The van der Waals surface area contributed by atoms with Gasteiger partial charge >= 0.3 is 12.0 Å². The van der Waals surface area contributed by atoms with Crippen molar-refractivity contribution in [2.45, 2.75) is 12.2 Å². The molecule has 0 aliphatic rings. The molecule has 1 aromatic rings. The van der Waals surface area contributed by atoms with Crippen LogP contribution in [0.1, 0.15) is 17.3 Å². The molecule has 0 radical (unpaired) electrons. The summed E-state index contributed by atoms with van der Waals surface area (Å²) in [6.45, 7) is 2.04. The van der Waals surface area contributed by atoms with Gasteiger partial charge in [0.2, 0.25) is 0 Å². The molecule has 1 aromatic carbocycles. The summed E-state index contributed by atoms with van der Waals surface area (Å²) in [4.78, 5) is 22.6. The van der Waals surface area contributed by atoms with Gasteiger partial charge in [0.05, 0.1) is 7.11 Å². The van der Waals surface area contributed by atoms with Crippen LogP contribution >= 0.6 is 0 Å². The highest BCUT2D eigenvalue weighted by Gasteiger charge is 2.13. The van der Waals surface area contributed by atoms with E-state index in [9.17, 15) is 13.8 Å². The molecule has 0 saturated heterocycles. The first-order valence-electron chi connectivity index (χ1n) is 6.13. The van der Waals surface area contributed by atoms with Crippen molar-refractivity contribution < 1.29 is 23.6 Å². The molecule has 0 heterocycles. The van der Waals surface area contributed by atoms with Crippen LogP contribution in [0.25, 0.3) is 0 Å². The Morgan fingerprint density at radius 2 is 2.10 bits per heavy atom. The minimum atomic E-state index is -1.11. The van der Waals surface area contributed by atoms with Crippen molar-refractivity contribution in [3.8, 4) is 5.75 Å². The van der Waals surface area contributed by atoms with Crippen LogP contribution in [0.4, 0.5) is 10.5 Å². The standard InChI is InChI=1S/C13H18N2O5S/c1-8(21(3)19)7-14-13(18)15-9-4-5-10(12(16)17)11(6-9)20-2/h4-6,8H,7H2,1-3H3,(H,16,17)(H2,14,15,18). The second-order valence-electron chi connectivity index (χ2n) is 4.36. The third-order valence-corrected chi connectivity index (χ3v) is 4.11. The number of carboxylic acid groups (broad SMARTS) is 1. The molecular formula is C13H18N2O5S. The maximum absolute atomic E-state index is 11.7. The predicted octanol–water partition coefficient (Wildman–Crippen LogP) is 1.28. The number of rotatable bonds is 6. The van der Waals surface area contributed by atoms with Gasteiger partial charge < -0.3 is 20.5 Å². The highest BCUT2D eigenvalue weighted by molar-refractivity contribution is 7.84. The Labute approximate surface area is 125 Å². The number of methoxy groups -OCH3 is 1. The van der Waals surface area contributed by atoms with E-state index >= 15 is 0 Å². The lowest BCUT2D eigenvalue weighted by atomic mass is 10.2. The Hall–Kier alpha value is -2.09. The third-order valence-electron chi connectivity index (χ3n) is 2.81. The summed E-state index contributed by atoms with van der Waals surface area (Å²) >= 11 is 0. The monoisotopic (exact) mass is 314 g/mol. The first-order valence-corrected chi connectivity index (χ1v) is 7.75. The van der Waals surface area contributed by atoms with Crippen molar-refractivity contribution in [2.24, 2.45) is 0 Å². The van der Waals surface area contributed by atoms with E-state index in [1.54, 1.807) is 13.2 Å². The molecule has 0 bridgehead atoms. The number of urea groups is 1. The lowest BCUT2D eigenvalue weighted by Gasteiger charge is -2.12. The number of ether oxygens (including phenoxy) is 1. The molecule has 2 atom stereocenters. The Bertz CT molecular complexity index is 561. The Kier molecular flexibility index (Phi) is 6.16. The lowest BCUT2D eigenvalue weighted by molar-refractivity contribution is 0.0693. The normalized spacial score (nSPS) is 13.1. The average Bonchev–Trinajstić information content (AvgIpc) is 2.44. The molecule has 2 unspecified atom stereocenters. The topological polar surface area (TPSA) is 105 Å². The fraction of sp³-hybridized carbons (Fsp3) is 0.385. The van der Waals surface area contributed by atoms with Crippen LogP contribution in [0, 0.1) is 0 Å². The highest BCUT2D eigenvalue weighted by atomic mass is 32.2. The molecule has 116 valence electrons. The smallest absolute Gasteiger partial charge is 0.339 e. The maximum atomic E-state index is 11.7. The summed E-state index contributed by atoms with van der Waals surface area (Å²) in [6.07, 6.45) is 1.57. The number of hydrogen-bond acceptors (Lipinski definition) is 4. The Morgan fingerprint density at radius 1 is 1.43 bits per heavy atom. The molecule has 3 N–H and O–H groups in total. The molecule has 0 aliphatic carbocycles. The number of carbonyl (C=O) groups excluding carboxylic acids is 1.